The fraction of sp³-hybridized carbons (Fsp3) is 0.250. The lowest BCUT2D eigenvalue weighted by atomic mass is 10.2. The highest BCUT2D eigenvalue weighted by molar-refractivity contribution is 7.83. The van der Waals surface area contributed by atoms with Crippen molar-refractivity contribution in [1.82, 2.24) is 0 Å². The average Bonchev–Trinajstić information content (AvgIpc) is 2.37. The van der Waals surface area contributed by atoms with Crippen LogP contribution in [0.25, 0.3) is 0 Å². The van der Waals surface area contributed by atoms with Gasteiger partial charge in [-0.25, -0.2) is 0 Å². The van der Waals surface area contributed by atoms with Crippen molar-refractivity contribution in [3.05, 3.63) is 59.2 Å². The van der Waals surface area contributed by atoms with Crippen molar-refractivity contribution < 1.29 is 8.95 Å². The zero-order chi connectivity index (χ0) is 14.5. The molecule has 0 saturated heterocycles. The molecule has 1 atom stereocenters. The van der Waals surface area contributed by atoms with Crippen LogP contribution in [-0.2, 0) is 22.3 Å². The molecule has 0 radical (unpaired) electrons. The highest BCUT2D eigenvalue weighted by Gasteiger charge is 2.06. The molecule has 0 saturated carbocycles. The quantitative estimate of drug-likeness (QED) is 0.861. The number of nitrogens with two attached hydrogens (primary N) is 1. The van der Waals surface area contributed by atoms with Gasteiger partial charge in [-0.2, -0.15) is 0 Å². The summed E-state index contributed by atoms with van der Waals surface area (Å²) < 4.78 is 17.4. The molecule has 0 aliphatic carbocycles. The van der Waals surface area contributed by atoms with E-state index in [1.54, 1.807) is 13.2 Å². The van der Waals surface area contributed by atoms with Gasteiger partial charge in [0.15, 0.2) is 0 Å². The van der Waals surface area contributed by atoms with Crippen molar-refractivity contribution in [3.8, 4) is 5.75 Å². The summed E-state index contributed by atoms with van der Waals surface area (Å²) in [6, 6.07) is 13.6. The number of hydrogen-bond acceptors (Lipinski definition) is 3. The van der Waals surface area contributed by atoms with Gasteiger partial charge in [-0.05, 0) is 30.2 Å². The van der Waals surface area contributed by atoms with E-state index in [1.165, 1.54) is 5.56 Å². The molecule has 3 nitrogen and oxygen atoms in total. The third-order valence-electron chi connectivity index (χ3n) is 2.96. The van der Waals surface area contributed by atoms with Gasteiger partial charge in [-0.15, -0.1) is 0 Å². The largest absolute Gasteiger partial charge is 0.497 e. The zero-order valence-electron chi connectivity index (χ0n) is 11.8. The molecule has 2 aromatic carbocycles. The lowest BCUT2D eigenvalue weighted by Gasteiger charge is -2.07. The summed E-state index contributed by atoms with van der Waals surface area (Å²) in [7, 11) is 0.640. The minimum atomic E-state index is -0.960. The van der Waals surface area contributed by atoms with Crippen LogP contribution < -0.4 is 10.5 Å². The number of hydrogen-bond donors (Lipinski definition) is 1. The van der Waals surface area contributed by atoms with Gasteiger partial charge in [0.2, 0.25) is 0 Å². The van der Waals surface area contributed by atoms with Gasteiger partial charge >= 0.3 is 0 Å². The molecule has 0 fully saturated rings. The summed E-state index contributed by atoms with van der Waals surface area (Å²) >= 11 is 0. The van der Waals surface area contributed by atoms with Gasteiger partial charge in [0.05, 0.1) is 7.11 Å². The number of nitrogen functional groups attached to an aromatic ring is 1. The Kier molecular flexibility index (Phi) is 4.79. The van der Waals surface area contributed by atoms with E-state index in [4.69, 9.17) is 10.5 Å². The Labute approximate surface area is 122 Å². The smallest absolute Gasteiger partial charge is 0.121 e. The molecule has 2 N–H and O–H groups in total. The second kappa shape index (κ2) is 6.57. The molecule has 106 valence electrons. The van der Waals surface area contributed by atoms with Gasteiger partial charge < -0.3 is 10.5 Å². The van der Waals surface area contributed by atoms with E-state index in [0.29, 0.717) is 22.9 Å². The van der Waals surface area contributed by atoms with Crippen molar-refractivity contribution in [1.29, 1.82) is 0 Å². The molecular formula is C16H19NO2S. The third kappa shape index (κ3) is 4.10. The molecule has 0 spiro atoms. The summed E-state index contributed by atoms with van der Waals surface area (Å²) in [5.41, 5.74) is 9.66. The Morgan fingerprint density at radius 2 is 1.85 bits per heavy atom. The van der Waals surface area contributed by atoms with E-state index < -0.39 is 10.8 Å². The molecule has 2 rings (SSSR count). The van der Waals surface area contributed by atoms with E-state index >= 15 is 0 Å². The molecule has 0 bridgehead atoms. The van der Waals surface area contributed by atoms with Crippen molar-refractivity contribution in [2.24, 2.45) is 0 Å². The third-order valence-corrected chi connectivity index (χ3v) is 4.27. The second-order valence-electron chi connectivity index (χ2n) is 4.83. The van der Waals surface area contributed by atoms with Gasteiger partial charge in [-0.1, -0.05) is 29.8 Å². The predicted molar refractivity (Wildman–Crippen MR) is 84.1 cm³/mol. The van der Waals surface area contributed by atoms with Crippen molar-refractivity contribution in [2.75, 3.05) is 12.8 Å². The lowest BCUT2D eigenvalue weighted by Crippen LogP contribution is -2.01. The van der Waals surface area contributed by atoms with E-state index in [0.717, 1.165) is 11.1 Å². The maximum absolute atomic E-state index is 12.2. The lowest BCUT2D eigenvalue weighted by molar-refractivity contribution is 0.414. The molecule has 1 unspecified atom stereocenters. The number of ether oxygens (including phenoxy) is 1. The van der Waals surface area contributed by atoms with E-state index in [-0.39, 0.29) is 0 Å². The first kappa shape index (κ1) is 14.6. The molecule has 4 heteroatoms. The highest BCUT2D eigenvalue weighted by atomic mass is 32.2. The van der Waals surface area contributed by atoms with E-state index in [2.05, 4.69) is 6.07 Å². The van der Waals surface area contributed by atoms with Gasteiger partial charge in [0.1, 0.15) is 5.75 Å². The molecular weight excluding hydrogens is 270 g/mol. The maximum atomic E-state index is 12.2. The van der Waals surface area contributed by atoms with Crippen LogP contribution in [0.15, 0.2) is 42.5 Å². The topological polar surface area (TPSA) is 52.3 Å². The monoisotopic (exact) mass is 289 g/mol. The second-order valence-corrected chi connectivity index (χ2v) is 6.29. The van der Waals surface area contributed by atoms with E-state index in [9.17, 15) is 4.21 Å². The van der Waals surface area contributed by atoms with Gasteiger partial charge in [0, 0.05) is 34.1 Å². The molecule has 0 aliphatic rings. The predicted octanol–water partition coefficient (Wildman–Crippen LogP) is 3.03. The minimum absolute atomic E-state index is 0.481. The molecule has 2 aromatic rings. The summed E-state index contributed by atoms with van der Waals surface area (Å²) in [5.74, 6) is 1.74. The number of methoxy groups -OCH3 is 1. The van der Waals surface area contributed by atoms with Crippen molar-refractivity contribution in [2.45, 2.75) is 18.4 Å². The Morgan fingerprint density at radius 3 is 2.55 bits per heavy atom. The minimum Gasteiger partial charge on any atom is -0.497 e. The molecule has 0 heterocycles. The Balaban J connectivity index is 2.06. The maximum Gasteiger partial charge on any atom is 0.121 e. The molecule has 0 aromatic heterocycles. The summed E-state index contributed by atoms with van der Waals surface area (Å²) in [4.78, 5) is 0. The summed E-state index contributed by atoms with van der Waals surface area (Å²) in [5, 5.41) is 0. The first-order chi connectivity index (χ1) is 9.56. The summed E-state index contributed by atoms with van der Waals surface area (Å²) in [6.45, 7) is 2.04. The molecule has 20 heavy (non-hydrogen) atoms. The van der Waals surface area contributed by atoms with Crippen LogP contribution in [0.3, 0.4) is 0 Å². The van der Waals surface area contributed by atoms with E-state index in [1.807, 2.05) is 37.3 Å². The number of anilines is 1. The van der Waals surface area contributed by atoms with Crippen LogP contribution in [-0.4, -0.2) is 11.3 Å². The average molecular weight is 289 g/mol. The number of benzene rings is 2. The van der Waals surface area contributed by atoms with Crippen LogP contribution in [0.2, 0.25) is 0 Å². The Bertz CT molecular complexity index is 626. The van der Waals surface area contributed by atoms with Gasteiger partial charge in [0.25, 0.3) is 0 Å². The summed E-state index contributed by atoms with van der Waals surface area (Å²) in [6.07, 6.45) is 0. The van der Waals surface area contributed by atoms with Crippen LogP contribution >= 0.6 is 0 Å². The zero-order valence-corrected chi connectivity index (χ0v) is 12.6. The standard InChI is InChI=1S/C16H19NO2S/c1-12-4-3-5-13(6-12)10-20(18)11-14-7-15(17)9-16(8-14)19-2/h3-9H,10-11,17H2,1-2H3. The fourth-order valence-electron chi connectivity index (χ4n) is 2.11. The molecule has 0 aliphatic heterocycles. The fourth-order valence-corrected chi connectivity index (χ4v) is 3.30. The number of aryl methyl sites for hydroxylation is 1. The first-order valence-corrected chi connectivity index (χ1v) is 7.89. The molecule has 0 amide bonds. The highest BCUT2D eigenvalue weighted by Crippen LogP contribution is 2.20. The van der Waals surface area contributed by atoms with Crippen molar-refractivity contribution in [3.63, 3.8) is 0 Å². The first-order valence-electron chi connectivity index (χ1n) is 6.41. The normalized spacial score (nSPS) is 12.1. The van der Waals surface area contributed by atoms with Crippen molar-refractivity contribution >= 4 is 16.5 Å². The van der Waals surface area contributed by atoms with Crippen LogP contribution in [0, 0.1) is 6.92 Å². The Morgan fingerprint density at radius 1 is 1.10 bits per heavy atom. The number of rotatable bonds is 5. The van der Waals surface area contributed by atoms with Crippen LogP contribution in [0.5, 0.6) is 5.75 Å². The Hall–Kier alpha value is -1.81. The van der Waals surface area contributed by atoms with Crippen LogP contribution in [0.4, 0.5) is 5.69 Å². The van der Waals surface area contributed by atoms with Crippen LogP contribution in [0.1, 0.15) is 16.7 Å². The SMILES string of the molecule is COc1cc(N)cc(CS(=O)Cc2cccc(C)c2)c1. The van der Waals surface area contributed by atoms with Gasteiger partial charge in [-0.3, -0.25) is 4.21 Å².